The number of hydrogen-bond donors (Lipinski definition) is 0. The minimum atomic E-state index is 1.29. The molecule has 0 aliphatic rings. The molecule has 204 valence electrons. The fourth-order valence-corrected chi connectivity index (χ4v) is 11.8. The second-order valence-corrected chi connectivity index (χ2v) is 16.8. The van der Waals surface area contributed by atoms with Crippen LogP contribution in [0.1, 0.15) is 0 Å². The van der Waals surface area contributed by atoms with Gasteiger partial charge in [-0.15, -0.1) is 0 Å². The topological polar surface area (TPSA) is 0 Å². The van der Waals surface area contributed by atoms with Gasteiger partial charge in [-0.1, -0.05) is 54.6 Å². The molecule has 0 aromatic heterocycles. The molecule has 0 unspecified atom stereocenters. The molecule has 0 aliphatic heterocycles. The summed E-state index contributed by atoms with van der Waals surface area (Å²) in [5.74, 6) is 0. The number of benzene rings is 13. The van der Waals surface area contributed by atoms with Gasteiger partial charge in [0.1, 0.15) is 0 Å². The Kier molecular flexibility index (Phi) is 3.98. The summed E-state index contributed by atoms with van der Waals surface area (Å²) >= 11 is 7.63. The molecule has 0 N–H and O–H groups in total. The van der Waals surface area contributed by atoms with E-state index < -0.39 is 0 Å². The zero-order valence-electron chi connectivity index (χ0n) is 23.3. The van der Waals surface area contributed by atoms with Crippen molar-refractivity contribution in [3.8, 4) is 0 Å². The zero-order valence-corrected chi connectivity index (χ0v) is 29.8. The van der Waals surface area contributed by atoms with E-state index in [9.17, 15) is 0 Å². The Labute approximate surface area is 295 Å². The van der Waals surface area contributed by atoms with Crippen LogP contribution in [0.5, 0.6) is 0 Å². The Hall–Kier alpha value is -3.27. The van der Waals surface area contributed by atoms with Crippen LogP contribution in [-0.2, 0) is 0 Å². The first kappa shape index (κ1) is 24.0. The summed E-state index contributed by atoms with van der Waals surface area (Å²) in [4.78, 5) is 0. The van der Waals surface area contributed by atoms with Crippen LogP contribution in [0.25, 0.3) is 129 Å². The van der Waals surface area contributed by atoms with Gasteiger partial charge in [0.2, 0.25) is 0 Å². The largest absolute Gasteiger partial charge is 0.0610 e. The lowest BCUT2D eigenvalue weighted by Crippen LogP contribution is -2.00. The standard InChI is InChI=1S/C42H15I3/c43-16-10-25-19-4-1-5-20-26-11-17(44)13-28-22-7-3-9-24-30-15-18(45)14-29-23-8-2-6-21-27(12-16)34(25)40-37(31(19)20)41(35(26)28)39(33(22)24)42(36(29)30)38(40)32(21)23/h1-15H. The molecule has 0 saturated heterocycles. The molecule has 0 fully saturated rings. The molecule has 0 nitrogen and oxygen atoms in total. The summed E-state index contributed by atoms with van der Waals surface area (Å²) in [6, 6.07) is 35.8. The minimum Gasteiger partial charge on any atom is -0.0610 e. The zero-order chi connectivity index (χ0) is 29.2. The molecule has 13 aromatic rings. The molecular weight excluding hydrogens is 885 g/mol. The van der Waals surface area contributed by atoms with Crippen molar-refractivity contribution in [2.24, 2.45) is 0 Å². The Bertz CT molecular complexity index is 2890. The molecule has 0 atom stereocenters. The first-order chi connectivity index (χ1) is 22.1. The van der Waals surface area contributed by atoms with Gasteiger partial charge < -0.3 is 0 Å². The van der Waals surface area contributed by atoms with Crippen molar-refractivity contribution in [1.82, 2.24) is 0 Å². The minimum absolute atomic E-state index is 1.29. The normalized spacial score (nSPS) is 13.7. The molecular formula is C42H15I3. The van der Waals surface area contributed by atoms with E-state index in [1.54, 1.807) is 0 Å². The van der Waals surface area contributed by atoms with Crippen molar-refractivity contribution in [3.63, 3.8) is 0 Å². The third kappa shape index (κ3) is 2.42. The van der Waals surface area contributed by atoms with Crippen molar-refractivity contribution in [2.45, 2.75) is 0 Å². The maximum absolute atomic E-state index is 2.54. The Morgan fingerprint density at radius 2 is 0.400 bits per heavy atom. The molecule has 13 aromatic carbocycles. The summed E-state index contributed by atoms with van der Waals surface area (Å²) in [5, 5.41) is 34.0. The highest BCUT2D eigenvalue weighted by molar-refractivity contribution is 14.1. The summed E-state index contributed by atoms with van der Waals surface area (Å²) in [6.45, 7) is 0. The molecule has 0 aliphatic carbocycles. The molecule has 0 saturated carbocycles. The summed E-state index contributed by atoms with van der Waals surface area (Å²) in [7, 11) is 0. The lowest BCUT2D eigenvalue weighted by Gasteiger charge is -2.29. The van der Waals surface area contributed by atoms with Crippen LogP contribution in [0, 0.1) is 10.7 Å². The predicted molar refractivity (Wildman–Crippen MR) is 222 cm³/mol. The Morgan fingerprint density at radius 1 is 0.222 bits per heavy atom. The second kappa shape index (κ2) is 7.48. The first-order valence-electron chi connectivity index (χ1n) is 15.3. The third-order valence-corrected chi connectivity index (χ3v) is 13.1. The number of fused-ring (bicyclic) bond motifs is 6. The highest BCUT2D eigenvalue weighted by Crippen LogP contribution is 2.60. The number of rotatable bonds is 0. The lowest BCUT2D eigenvalue weighted by atomic mass is 9.73. The van der Waals surface area contributed by atoms with Crippen molar-refractivity contribution in [2.75, 3.05) is 0 Å². The average molecular weight is 900 g/mol. The Morgan fingerprint density at radius 3 is 0.600 bits per heavy atom. The maximum atomic E-state index is 2.54. The molecule has 0 amide bonds. The van der Waals surface area contributed by atoms with Gasteiger partial charge in [-0.2, -0.15) is 0 Å². The highest BCUT2D eigenvalue weighted by atomic mass is 127. The first-order valence-corrected chi connectivity index (χ1v) is 18.5. The van der Waals surface area contributed by atoms with E-state index in [0.29, 0.717) is 0 Å². The summed E-state index contributed by atoms with van der Waals surface area (Å²) in [5.41, 5.74) is 0. The van der Waals surface area contributed by atoms with Gasteiger partial charge in [-0.3, -0.25) is 0 Å². The van der Waals surface area contributed by atoms with Crippen molar-refractivity contribution >= 4 is 197 Å². The highest BCUT2D eigenvalue weighted by Gasteiger charge is 2.31. The van der Waals surface area contributed by atoms with Gasteiger partial charge in [-0.25, -0.2) is 0 Å². The predicted octanol–water partition coefficient (Wildman–Crippen LogP) is 14.0. The molecule has 0 radical (unpaired) electrons. The fraction of sp³-hybridized carbons (Fsp3) is 0. The van der Waals surface area contributed by atoms with Crippen LogP contribution in [-0.4, -0.2) is 0 Å². The summed E-state index contributed by atoms with van der Waals surface area (Å²) < 4.78 is 3.88. The number of hydrogen-bond acceptors (Lipinski definition) is 0. The molecule has 0 spiro atoms. The van der Waals surface area contributed by atoms with Crippen LogP contribution >= 0.6 is 67.8 Å². The van der Waals surface area contributed by atoms with Crippen LogP contribution in [0.15, 0.2) is 91.0 Å². The lowest BCUT2D eigenvalue weighted by molar-refractivity contribution is 1.76. The SMILES string of the molecule is Ic1cc2c3cccc4c5cc(I)cc6c7cccc8c9cc(I)cc%10c%11cccc%12c(c1)c2c1c(c34)c(c56)c(c78)c(c%109)c1c%12%11. The van der Waals surface area contributed by atoms with E-state index in [4.69, 9.17) is 0 Å². The van der Waals surface area contributed by atoms with Crippen LogP contribution in [0.3, 0.4) is 0 Å². The van der Waals surface area contributed by atoms with Crippen LogP contribution < -0.4 is 0 Å². The molecule has 0 bridgehead atoms. The molecule has 13 rings (SSSR count). The van der Waals surface area contributed by atoms with E-state index in [-0.39, 0.29) is 0 Å². The summed E-state index contributed by atoms with van der Waals surface area (Å²) in [6.07, 6.45) is 0. The van der Waals surface area contributed by atoms with Crippen LogP contribution in [0.2, 0.25) is 0 Å². The fourth-order valence-electron chi connectivity index (χ4n) is 9.96. The van der Waals surface area contributed by atoms with Gasteiger partial charge in [-0.05, 0) is 233 Å². The second-order valence-electron chi connectivity index (χ2n) is 13.1. The van der Waals surface area contributed by atoms with Crippen molar-refractivity contribution < 1.29 is 0 Å². The average Bonchev–Trinajstić information content (AvgIpc) is 3.05. The smallest absolute Gasteiger partial charge is 0.0143 e. The van der Waals surface area contributed by atoms with E-state index in [1.807, 2.05) is 0 Å². The molecule has 3 heteroatoms. The van der Waals surface area contributed by atoms with E-state index in [2.05, 4.69) is 159 Å². The van der Waals surface area contributed by atoms with Gasteiger partial charge in [0.05, 0.1) is 0 Å². The van der Waals surface area contributed by atoms with Crippen molar-refractivity contribution in [1.29, 1.82) is 0 Å². The Balaban J connectivity index is 1.62. The van der Waals surface area contributed by atoms with E-state index in [1.165, 1.54) is 140 Å². The third-order valence-electron chi connectivity index (χ3n) is 11.2. The van der Waals surface area contributed by atoms with Crippen LogP contribution in [0.4, 0.5) is 0 Å². The molecule has 0 heterocycles. The van der Waals surface area contributed by atoms with Gasteiger partial charge >= 0.3 is 0 Å². The monoisotopic (exact) mass is 900 g/mol. The van der Waals surface area contributed by atoms with Gasteiger partial charge in [0, 0.05) is 10.7 Å². The van der Waals surface area contributed by atoms with Gasteiger partial charge in [0.15, 0.2) is 0 Å². The van der Waals surface area contributed by atoms with E-state index in [0.717, 1.165) is 0 Å². The van der Waals surface area contributed by atoms with Gasteiger partial charge in [0.25, 0.3) is 0 Å². The quantitative estimate of drug-likeness (QED) is 0.0808. The van der Waals surface area contributed by atoms with Crippen molar-refractivity contribution in [3.05, 3.63) is 102 Å². The van der Waals surface area contributed by atoms with E-state index >= 15 is 0 Å². The molecule has 45 heavy (non-hydrogen) atoms. The maximum Gasteiger partial charge on any atom is 0.0143 e. The number of halogens is 3.